The van der Waals surface area contributed by atoms with Crippen LogP contribution in [0.2, 0.25) is 0 Å². The Bertz CT molecular complexity index is 1270. The molecular formula is C23H23F3N4O3S2. The summed E-state index contributed by atoms with van der Waals surface area (Å²) >= 11 is 0.923. The van der Waals surface area contributed by atoms with Gasteiger partial charge in [-0.3, -0.25) is 9.62 Å². The molecule has 186 valence electrons. The van der Waals surface area contributed by atoms with Crippen molar-refractivity contribution in [1.82, 2.24) is 14.3 Å². The van der Waals surface area contributed by atoms with Crippen LogP contribution in [0.3, 0.4) is 0 Å². The minimum atomic E-state index is -4.24. The summed E-state index contributed by atoms with van der Waals surface area (Å²) in [5.74, 6) is -0.937. The lowest BCUT2D eigenvalue weighted by Gasteiger charge is -2.46. The first-order valence-electron chi connectivity index (χ1n) is 11.2. The third-order valence-corrected chi connectivity index (χ3v) is 8.62. The summed E-state index contributed by atoms with van der Waals surface area (Å²) < 4.78 is 78.4. The molecule has 12 heteroatoms. The van der Waals surface area contributed by atoms with E-state index in [2.05, 4.69) is 19.0 Å². The van der Waals surface area contributed by atoms with E-state index in [0.29, 0.717) is 18.8 Å². The number of hydrogen-bond donors (Lipinski definition) is 1. The van der Waals surface area contributed by atoms with Gasteiger partial charge in [0.2, 0.25) is 5.13 Å². The number of hydrogen-bond acceptors (Lipinski definition) is 7. The lowest BCUT2D eigenvalue weighted by molar-refractivity contribution is -0.192. The van der Waals surface area contributed by atoms with Crippen molar-refractivity contribution in [3.8, 4) is 5.75 Å². The van der Waals surface area contributed by atoms with Crippen LogP contribution in [-0.4, -0.2) is 42.0 Å². The maximum atomic E-state index is 13.6. The van der Waals surface area contributed by atoms with Gasteiger partial charge in [-0.25, -0.2) is 13.4 Å². The van der Waals surface area contributed by atoms with Gasteiger partial charge in [0, 0.05) is 41.7 Å². The van der Waals surface area contributed by atoms with E-state index in [4.69, 9.17) is 4.74 Å². The highest BCUT2D eigenvalue weighted by Crippen LogP contribution is 2.48. The van der Waals surface area contributed by atoms with Gasteiger partial charge in [-0.05, 0) is 31.0 Å². The maximum absolute atomic E-state index is 13.6. The van der Waals surface area contributed by atoms with Crippen molar-refractivity contribution in [1.29, 1.82) is 0 Å². The third kappa shape index (κ3) is 5.00. The number of fused-ring (bicyclic) bond motifs is 1. The Morgan fingerprint density at radius 1 is 1.09 bits per heavy atom. The number of anilines is 1. The standard InChI is InChI=1S/C23H23F3N4O3S2/c24-23(25,26)16-8-10-30(20(12-16)15-4-2-1-3-5-15)19-9-11-33-21-13-17(6-7-18(19)21)35(31,32)29-22-27-14-28-34-22/h1-7,13-14,16,19-20H,8-12H2,(H,27,28,29). The van der Waals surface area contributed by atoms with Gasteiger partial charge in [-0.1, -0.05) is 36.4 Å². The molecule has 3 unspecified atom stereocenters. The highest BCUT2D eigenvalue weighted by atomic mass is 32.2. The van der Waals surface area contributed by atoms with Crippen LogP contribution < -0.4 is 9.46 Å². The molecule has 3 heterocycles. The summed E-state index contributed by atoms with van der Waals surface area (Å²) in [6.07, 6.45) is -2.37. The predicted molar refractivity (Wildman–Crippen MR) is 125 cm³/mol. The monoisotopic (exact) mass is 524 g/mol. The maximum Gasteiger partial charge on any atom is 0.391 e. The summed E-state index contributed by atoms with van der Waals surface area (Å²) in [6.45, 7) is 0.623. The molecule has 1 fully saturated rings. The zero-order chi connectivity index (χ0) is 24.6. The number of alkyl halides is 3. The molecule has 5 rings (SSSR count). The molecule has 0 aliphatic carbocycles. The Balaban J connectivity index is 1.46. The minimum absolute atomic E-state index is 0.0154. The molecule has 0 radical (unpaired) electrons. The van der Waals surface area contributed by atoms with Gasteiger partial charge in [0.15, 0.2) is 0 Å². The number of ether oxygens (including phenoxy) is 1. The molecule has 2 aromatic carbocycles. The first-order chi connectivity index (χ1) is 16.7. The second kappa shape index (κ2) is 9.40. The zero-order valence-corrected chi connectivity index (χ0v) is 20.1. The zero-order valence-electron chi connectivity index (χ0n) is 18.5. The number of benzene rings is 2. The smallest absolute Gasteiger partial charge is 0.391 e. The van der Waals surface area contributed by atoms with Gasteiger partial charge in [0.05, 0.1) is 17.4 Å². The Morgan fingerprint density at radius 2 is 1.89 bits per heavy atom. The van der Waals surface area contributed by atoms with E-state index < -0.39 is 28.2 Å². The van der Waals surface area contributed by atoms with Crippen LogP contribution in [0.5, 0.6) is 5.75 Å². The average Bonchev–Trinajstić information content (AvgIpc) is 3.35. The Hall–Kier alpha value is -2.70. The summed E-state index contributed by atoms with van der Waals surface area (Å²) in [4.78, 5) is 5.98. The highest BCUT2D eigenvalue weighted by molar-refractivity contribution is 7.93. The summed E-state index contributed by atoms with van der Waals surface area (Å²) in [6, 6.07) is 13.3. The number of aromatic nitrogens is 2. The topological polar surface area (TPSA) is 84.4 Å². The quantitative estimate of drug-likeness (QED) is 0.495. The number of nitrogens with one attached hydrogen (secondary N) is 1. The van der Waals surface area contributed by atoms with Crippen LogP contribution in [0.25, 0.3) is 0 Å². The van der Waals surface area contributed by atoms with Crippen LogP contribution in [0.4, 0.5) is 18.3 Å². The van der Waals surface area contributed by atoms with Crippen LogP contribution in [0.1, 0.15) is 42.5 Å². The fraction of sp³-hybridized carbons (Fsp3) is 0.391. The van der Waals surface area contributed by atoms with Crippen LogP contribution >= 0.6 is 11.5 Å². The molecule has 1 N–H and O–H groups in total. The Morgan fingerprint density at radius 3 is 2.60 bits per heavy atom. The van der Waals surface area contributed by atoms with Gasteiger partial charge in [0.1, 0.15) is 12.1 Å². The van der Waals surface area contributed by atoms with Crippen molar-refractivity contribution in [3.05, 3.63) is 66.0 Å². The first kappa shape index (κ1) is 24.0. The molecule has 3 aromatic rings. The molecule has 0 saturated carbocycles. The van der Waals surface area contributed by atoms with E-state index in [0.717, 1.165) is 22.7 Å². The molecule has 0 spiro atoms. The normalized spacial score (nSPS) is 23.3. The highest BCUT2D eigenvalue weighted by Gasteiger charge is 2.46. The fourth-order valence-corrected chi connectivity index (χ4v) is 6.59. The Labute approximate surface area is 205 Å². The van der Waals surface area contributed by atoms with Crippen molar-refractivity contribution >= 4 is 26.7 Å². The van der Waals surface area contributed by atoms with E-state index in [9.17, 15) is 21.6 Å². The largest absolute Gasteiger partial charge is 0.493 e. The van der Waals surface area contributed by atoms with Gasteiger partial charge >= 0.3 is 6.18 Å². The van der Waals surface area contributed by atoms with Gasteiger partial charge in [-0.2, -0.15) is 17.5 Å². The third-order valence-electron chi connectivity index (χ3n) is 6.58. The van der Waals surface area contributed by atoms with Crippen molar-refractivity contribution in [2.45, 2.75) is 42.4 Å². The number of sulfonamides is 1. The number of likely N-dealkylation sites (tertiary alicyclic amines) is 1. The lowest BCUT2D eigenvalue weighted by Crippen LogP contribution is -2.44. The molecule has 1 saturated heterocycles. The number of rotatable bonds is 5. The molecule has 0 amide bonds. The van der Waals surface area contributed by atoms with Crippen LogP contribution in [0, 0.1) is 5.92 Å². The molecule has 35 heavy (non-hydrogen) atoms. The lowest BCUT2D eigenvalue weighted by atomic mass is 9.84. The summed E-state index contributed by atoms with van der Waals surface area (Å²) in [7, 11) is -3.90. The van der Waals surface area contributed by atoms with Gasteiger partial charge < -0.3 is 4.74 Å². The minimum Gasteiger partial charge on any atom is -0.493 e. The van der Waals surface area contributed by atoms with Crippen LogP contribution in [-0.2, 0) is 10.0 Å². The molecule has 7 nitrogen and oxygen atoms in total. The first-order valence-corrected chi connectivity index (χ1v) is 13.4. The SMILES string of the molecule is O=S(=O)(Nc1ncns1)c1ccc2c(c1)OCCC2N1CCC(C(F)(F)F)CC1c1ccccc1. The fourth-order valence-electron chi connectivity index (χ4n) is 4.91. The van der Waals surface area contributed by atoms with Crippen LogP contribution in [0.15, 0.2) is 59.8 Å². The summed E-state index contributed by atoms with van der Waals surface area (Å²) in [5.41, 5.74) is 1.62. The summed E-state index contributed by atoms with van der Waals surface area (Å²) in [5, 5.41) is 0.153. The van der Waals surface area contributed by atoms with E-state index in [-0.39, 0.29) is 35.5 Å². The van der Waals surface area contributed by atoms with Crippen molar-refractivity contribution in [2.24, 2.45) is 5.92 Å². The Kier molecular flexibility index (Phi) is 6.45. The molecule has 3 atom stereocenters. The molecule has 1 aromatic heterocycles. The van der Waals surface area contributed by atoms with Crippen molar-refractivity contribution in [3.63, 3.8) is 0 Å². The molecule has 2 aliphatic rings. The molecular weight excluding hydrogens is 501 g/mol. The van der Waals surface area contributed by atoms with Gasteiger partial charge in [-0.15, -0.1) is 0 Å². The second-order valence-electron chi connectivity index (χ2n) is 8.63. The number of piperidine rings is 1. The average molecular weight is 525 g/mol. The number of nitrogens with zero attached hydrogens (tertiary/aromatic N) is 3. The van der Waals surface area contributed by atoms with Crippen molar-refractivity contribution in [2.75, 3.05) is 17.9 Å². The second-order valence-corrected chi connectivity index (χ2v) is 11.1. The van der Waals surface area contributed by atoms with E-state index >= 15 is 0 Å². The molecule has 2 aliphatic heterocycles. The van der Waals surface area contributed by atoms with E-state index in [1.165, 1.54) is 18.5 Å². The number of halogens is 3. The van der Waals surface area contributed by atoms with Crippen molar-refractivity contribution < 1.29 is 26.3 Å². The van der Waals surface area contributed by atoms with E-state index in [1.54, 1.807) is 6.07 Å². The van der Waals surface area contributed by atoms with E-state index in [1.807, 2.05) is 30.3 Å². The molecule has 0 bridgehead atoms. The van der Waals surface area contributed by atoms with Gasteiger partial charge in [0.25, 0.3) is 10.0 Å². The predicted octanol–water partition coefficient (Wildman–Crippen LogP) is 5.18.